The van der Waals surface area contributed by atoms with Gasteiger partial charge in [0.25, 0.3) is 0 Å². The van der Waals surface area contributed by atoms with Crippen LogP contribution in [0.2, 0.25) is 0 Å². The Hall–Kier alpha value is -2.13. The number of fused-ring (bicyclic) bond motifs is 1. The molecule has 0 radical (unpaired) electrons. The van der Waals surface area contributed by atoms with E-state index in [0.29, 0.717) is 11.4 Å². The lowest BCUT2D eigenvalue weighted by molar-refractivity contribution is 0.598. The van der Waals surface area contributed by atoms with Crippen molar-refractivity contribution >= 4 is 26.6 Å². The summed E-state index contributed by atoms with van der Waals surface area (Å²) in [6.07, 6.45) is 1.18. The number of pyridine rings is 1. The SMILES string of the molecule is CC(CS(C)(=O)=O)Nc1nc2ccccc2cc1C#N. The van der Waals surface area contributed by atoms with Crippen molar-refractivity contribution in [2.45, 2.75) is 13.0 Å². The van der Waals surface area contributed by atoms with Crippen molar-refractivity contribution in [1.29, 1.82) is 5.26 Å². The third kappa shape index (κ3) is 3.45. The Bertz CT molecular complexity index is 779. The largest absolute Gasteiger partial charge is 0.365 e. The molecule has 1 heterocycles. The Kier molecular flexibility index (Phi) is 3.91. The molecule has 1 atom stereocenters. The van der Waals surface area contributed by atoms with Gasteiger partial charge in [-0.15, -0.1) is 0 Å². The molecule has 0 fully saturated rings. The molecule has 0 saturated heterocycles. The summed E-state index contributed by atoms with van der Waals surface area (Å²) < 4.78 is 22.5. The van der Waals surface area contributed by atoms with Gasteiger partial charge >= 0.3 is 0 Å². The first-order valence-electron chi connectivity index (χ1n) is 6.13. The van der Waals surface area contributed by atoms with E-state index < -0.39 is 9.84 Å². The summed E-state index contributed by atoms with van der Waals surface area (Å²) in [5.74, 6) is 0.411. The number of nitrogens with zero attached hydrogens (tertiary/aromatic N) is 2. The molecule has 5 nitrogen and oxygen atoms in total. The molecule has 0 aliphatic rings. The second kappa shape index (κ2) is 5.47. The lowest BCUT2D eigenvalue weighted by atomic mass is 10.1. The number of aromatic nitrogens is 1. The number of hydrogen-bond acceptors (Lipinski definition) is 5. The summed E-state index contributed by atoms with van der Waals surface area (Å²) in [5.41, 5.74) is 1.17. The molecule has 0 aliphatic carbocycles. The van der Waals surface area contributed by atoms with Crippen molar-refractivity contribution in [2.24, 2.45) is 0 Å². The number of benzene rings is 1. The van der Waals surface area contributed by atoms with E-state index in [2.05, 4.69) is 16.4 Å². The van der Waals surface area contributed by atoms with Gasteiger partial charge in [0.2, 0.25) is 0 Å². The first kappa shape index (κ1) is 14.3. The van der Waals surface area contributed by atoms with Crippen LogP contribution in [0.4, 0.5) is 5.82 Å². The van der Waals surface area contributed by atoms with Crippen molar-refractivity contribution in [3.05, 3.63) is 35.9 Å². The third-order valence-electron chi connectivity index (χ3n) is 2.78. The van der Waals surface area contributed by atoms with E-state index >= 15 is 0 Å². The molecule has 1 unspecified atom stereocenters. The number of sulfone groups is 1. The number of nitriles is 1. The summed E-state index contributed by atoms with van der Waals surface area (Å²) in [6, 6.07) is 11.0. The molecular formula is C14H15N3O2S. The van der Waals surface area contributed by atoms with E-state index in [-0.39, 0.29) is 11.8 Å². The van der Waals surface area contributed by atoms with Crippen molar-refractivity contribution in [2.75, 3.05) is 17.3 Å². The quantitative estimate of drug-likeness (QED) is 0.930. The van der Waals surface area contributed by atoms with Crippen LogP contribution in [-0.2, 0) is 9.84 Å². The molecule has 6 heteroatoms. The molecule has 1 aromatic heterocycles. The predicted molar refractivity (Wildman–Crippen MR) is 79.3 cm³/mol. The molecule has 2 aromatic rings. The first-order valence-corrected chi connectivity index (χ1v) is 8.19. The van der Waals surface area contributed by atoms with Crippen LogP contribution in [-0.4, -0.2) is 31.5 Å². The van der Waals surface area contributed by atoms with Gasteiger partial charge in [-0.3, -0.25) is 0 Å². The maximum absolute atomic E-state index is 11.3. The van der Waals surface area contributed by atoms with Gasteiger partial charge < -0.3 is 5.32 Å². The minimum atomic E-state index is -3.08. The number of rotatable bonds is 4. The Morgan fingerprint density at radius 1 is 1.40 bits per heavy atom. The molecule has 104 valence electrons. The highest BCUT2D eigenvalue weighted by Crippen LogP contribution is 2.20. The highest BCUT2D eigenvalue weighted by Gasteiger charge is 2.13. The molecule has 0 bridgehead atoms. The van der Waals surface area contributed by atoms with Crippen LogP contribution >= 0.6 is 0 Å². The van der Waals surface area contributed by atoms with Crippen LogP contribution in [0.3, 0.4) is 0 Å². The second-order valence-electron chi connectivity index (χ2n) is 4.83. The van der Waals surface area contributed by atoms with E-state index in [0.717, 1.165) is 10.9 Å². The summed E-state index contributed by atoms with van der Waals surface area (Å²) >= 11 is 0. The minimum Gasteiger partial charge on any atom is -0.365 e. The Morgan fingerprint density at radius 2 is 2.10 bits per heavy atom. The number of nitrogens with one attached hydrogen (secondary N) is 1. The first-order chi connectivity index (χ1) is 9.39. The van der Waals surface area contributed by atoms with Gasteiger partial charge in [0, 0.05) is 17.7 Å². The van der Waals surface area contributed by atoms with E-state index in [1.807, 2.05) is 24.3 Å². The number of para-hydroxylation sites is 1. The summed E-state index contributed by atoms with van der Waals surface area (Å²) in [5, 5.41) is 13.1. The topological polar surface area (TPSA) is 82.8 Å². The van der Waals surface area contributed by atoms with Crippen molar-refractivity contribution in [3.63, 3.8) is 0 Å². The molecule has 1 N–H and O–H groups in total. The summed E-state index contributed by atoms with van der Waals surface area (Å²) in [6.45, 7) is 1.75. The smallest absolute Gasteiger partial charge is 0.149 e. The molecule has 0 saturated carbocycles. The fourth-order valence-corrected chi connectivity index (χ4v) is 3.03. The lowest BCUT2D eigenvalue weighted by Gasteiger charge is -2.15. The molecular weight excluding hydrogens is 274 g/mol. The van der Waals surface area contributed by atoms with Crippen LogP contribution in [0.25, 0.3) is 10.9 Å². The van der Waals surface area contributed by atoms with Gasteiger partial charge in [-0.2, -0.15) is 5.26 Å². The zero-order valence-electron chi connectivity index (χ0n) is 11.3. The van der Waals surface area contributed by atoms with E-state index in [4.69, 9.17) is 0 Å². The minimum absolute atomic E-state index is 0.00756. The molecule has 1 aromatic carbocycles. The fraction of sp³-hybridized carbons (Fsp3) is 0.286. The standard InChI is InChI=1S/C14H15N3O2S/c1-10(9-20(2,18)19)16-14-12(8-15)7-11-5-3-4-6-13(11)17-14/h3-7,10H,9H2,1-2H3,(H,16,17). The van der Waals surface area contributed by atoms with E-state index in [1.54, 1.807) is 13.0 Å². The molecule has 0 aliphatic heterocycles. The highest BCUT2D eigenvalue weighted by atomic mass is 32.2. The molecule has 0 amide bonds. The molecule has 2 rings (SSSR count). The van der Waals surface area contributed by atoms with Gasteiger partial charge in [0.05, 0.1) is 16.8 Å². The maximum atomic E-state index is 11.3. The van der Waals surface area contributed by atoms with Crippen LogP contribution in [0, 0.1) is 11.3 Å². The van der Waals surface area contributed by atoms with Crippen LogP contribution in [0.5, 0.6) is 0 Å². The monoisotopic (exact) mass is 289 g/mol. The third-order valence-corrected chi connectivity index (χ3v) is 3.89. The van der Waals surface area contributed by atoms with Crippen molar-refractivity contribution in [1.82, 2.24) is 4.98 Å². The average molecular weight is 289 g/mol. The van der Waals surface area contributed by atoms with E-state index in [9.17, 15) is 13.7 Å². The van der Waals surface area contributed by atoms with Crippen LogP contribution in [0.15, 0.2) is 30.3 Å². The van der Waals surface area contributed by atoms with Gasteiger partial charge in [-0.1, -0.05) is 18.2 Å². The summed E-state index contributed by atoms with van der Waals surface area (Å²) in [4.78, 5) is 4.39. The molecule has 20 heavy (non-hydrogen) atoms. The Labute approximate surface area is 118 Å². The molecule has 0 spiro atoms. The van der Waals surface area contributed by atoms with Crippen molar-refractivity contribution < 1.29 is 8.42 Å². The van der Waals surface area contributed by atoms with Gasteiger partial charge in [0.15, 0.2) is 0 Å². The Balaban J connectivity index is 2.36. The second-order valence-corrected chi connectivity index (χ2v) is 7.01. The van der Waals surface area contributed by atoms with Gasteiger partial charge in [-0.05, 0) is 19.1 Å². The Morgan fingerprint density at radius 3 is 2.75 bits per heavy atom. The predicted octanol–water partition coefficient (Wildman–Crippen LogP) is 1.95. The van der Waals surface area contributed by atoms with Gasteiger partial charge in [-0.25, -0.2) is 13.4 Å². The fourth-order valence-electron chi connectivity index (χ4n) is 2.04. The normalized spacial score (nSPS) is 12.8. The van der Waals surface area contributed by atoms with Gasteiger partial charge in [0.1, 0.15) is 21.7 Å². The number of hydrogen-bond donors (Lipinski definition) is 1. The average Bonchev–Trinajstić information content (AvgIpc) is 2.35. The zero-order chi connectivity index (χ0) is 14.8. The highest BCUT2D eigenvalue weighted by molar-refractivity contribution is 7.90. The zero-order valence-corrected chi connectivity index (χ0v) is 12.1. The van der Waals surface area contributed by atoms with Crippen molar-refractivity contribution in [3.8, 4) is 6.07 Å². The van der Waals surface area contributed by atoms with Crippen LogP contribution < -0.4 is 5.32 Å². The maximum Gasteiger partial charge on any atom is 0.149 e. The lowest BCUT2D eigenvalue weighted by Crippen LogP contribution is -2.25. The van der Waals surface area contributed by atoms with E-state index in [1.165, 1.54) is 6.26 Å². The van der Waals surface area contributed by atoms with Crippen LogP contribution in [0.1, 0.15) is 12.5 Å². The number of anilines is 1. The summed E-state index contributed by atoms with van der Waals surface area (Å²) in [7, 11) is -3.08.